The van der Waals surface area contributed by atoms with Gasteiger partial charge in [-0.2, -0.15) is 0 Å². The van der Waals surface area contributed by atoms with Crippen LogP contribution in [0, 0.1) is 5.41 Å². The summed E-state index contributed by atoms with van der Waals surface area (Å²) in [6, 6.07) is 9.47. The summed E-state index contributed by atoms with van der Waals surface area (Å²) >= 11 is 2.06. The highest BCUT2D eigenvalue weighted by atomic mass is 32.2. The molecule has 0 saturated heterocycles. The van der Waals surface area contributed by atoms with E-state index in [1.54, 1.807) is 0 Å². The number of hydrogen-bond acceptors (Lipinski definition) is 2. The summed E-state index contributed by atoms with van der Waals surface area (Å²) in [5.41, 5.74) is 1.97. The summed E-state index contributed by atoms with van der Waals surface area (Å²) in [5.74, 6) is 0. The van der Waals surface area contributed by atoms with E-state index in [0.717, 1.165) is 0 Å². The standard InChI is InChI=1S/C16H25NS/c1-16(2,3)10-9-13(17-4)15-11-12-7-5-6-8-14(12)18-15/h5-8,13,15,17H,9-11H2,1-4H3. The lowest BCUT2D eigenvalue weighted by atomic mass is 9.87. The Morgan fingerprint density at radius 3 is 2.67 bits per heavy atom. The molecule has 1 aliphatic rings. The number of thioether (sulfide) groups is 1. The van der Waals surface area contributed by atoms with E-state index in [9.17, 15) is 0 Å². The minimum Gasteiger partial charge on any atom is -0.316 e. The Hall–Kier alpha value is -0.470. The van der Waals surface area contributed by atoms with Crippen molar-refractivity contribution < 1.29 is 0 Å². The van der Waals surface area contributed by atoms with Gasteiger partial charge in [-0.05, 0) is 43.4 Å². The molecular formula is C16H25NS. The predicted octanol–water partition coefficient (Wildman–Crippen LogP) is 4.12. The SMILES string of the molecule is CNC(CCC(C)(C)C)C1Cc2ccccc2S1. The van der Waals surface area contributed by atoms with Crippen LogP contribution < -0.4 is 5.32 Å². The zero-order valence-electron chi connectivity index (χ0n) is 12.0. The lowest BCUT2D eigenvalue weighted by Crippen LogP contribution is -2.36. The first-order valence-electron chi connectivity index (χ1n) is 6.91. The van der Waals surface area contributed by atoms with Gasteiger partial charge in [0, 0.05) is 16.2 Å². The molecule has 1 nitrogen and oxygen atoms in total. The molecule has 18 heavy (non-hydrogen) atoms. The first-order chi connectivity index (χ1) is 8.49. The van der Waals surface area contributed by atoms with Crippen molar-refractivity contribution in [2.45, 2.75) is 56.2 Å². The highest BCUT2D eigenvalue weighted by molar-refractivity contribution is 8.00. The van der Waals surface area contributed by atoms with Crippen molar-refractivity contribution in [1.82, 2.24) is 5.32 Å². The molecule has 2 heteroatoms. The van der Waals surface area contributed by atoms with Gasteiger partial charge in [-0.1, -0.05) is 39.0 Å². The van der Waals surface area contributed by atoms with Gasteiger partial charge >= 0.3 is 0 Å². The van der Waals surface area contributed by atoms with Gasteiger partial charge < -0.3 is 5.32 Å². The first-order valence-corrected chi connectivity index (χ1v) is 7.79. The van der Waals surface area contributed by atoms with E-state index < -0.39 is 0 Å². The molecule has 2 rings (SSSR count). The smallest absolute Gasteiger partial charge is 0.0289 e. The van der Waals surface area contributed by atoms with Crippen LogP contribution in [-0.2, 0) is 6.42 Å². The van der Waals surface area contributed by atoms with Gasteiger partial charge in [0.25, 0.3) is 0 Å². The highest BCUT2D eigenvalue weighted by Gasteiger charge is 2.29. The molecule has 1 aliphatic heterocycles. The first kappa shape index (κ1) is 14.0. The van der Waals surface area contributed by atoms with Crippen LogP contribution in [0.2, 0.25) is 0 Å². The average molecular weight is 263 g/mol. The second kappa shape index (κ2) is 5.66. The van der Waals surface area contributed by atoms with E-state index >= 15 is 0 Å². The van der Waals surface area contributed by atoms with Crippen LogP contribution in [0.1, 0.15) is 39.2 Å². The zero-order valence-corrected chi connectivity index (χ0v) is 12.8. The van der Waals surface area contributed by atoms with Crippen molar-refractivity contribution in [3.05, 3.63) is 29.8 Å². The number of hydrogen-bond donors (Lipinski definition) is 1. The molecule has 1 aromatic carbocycles. The average Bonchev–Trinajstić information content (AvgIpc) is 2.71. The molecule has 0 amide bonds. The number of rotatable bonds is 4. The van der Waals surface area contributed by atoms with E-state index in [1.807, 2.05) is 0 Å². The van der Waals surface area contributed by atoms with Crippen LogP contribution in [0.3, 0.4) is 0 Å². The van der Waals surface area contributed by atoms with E-state index in [-0.39, 0.29) is 0 Å². The summed E-state index contributed by atoms with van der Waals surface area (Å²) in [7, 11) is 2.11. The fourth-order valence-corrected chi connectivity index (χ4v) is 4.02. The molecular weight excluding hydrogens is 238 g/mol. The molecule has 1 N–H and O–H groups in total. The summed E-state index contributed by atoms with van der Waals surface area (Å²) in [6.07, 6.45) is 3.77. The minimum atomic E-state index is 0.436. The normalized spacial score (nSPS) is 20.8. The molecule has 0 aromatic heterocycles. The van der Waals surface area contributed by atoms with Crippen molar-refractivity contribution >= 4 is 11.8 Å². The van der Waals surface area contributed by atoms with Gasteiger partial charge in [0.15, 0.2) is 0 Å². The largest absolute Gasteiger partial charge is 0.316 e. The number of benzene rings is 1. The number of nitrogens with one attached hydrogen (secondary N) is 1. The van der Waals surface area contributed by atoms with Gasteiger partial charge in [0.05, 0.1) is 0 Å². The zero-order chi connectivity index (χ0) is 13.2. The topological polar surface area (TPSA) is 12.0 Å². The fourth-order valence-electron chi connectivity index (χ4n) is 2.54. The number of fused-ring (bicyclic) bond motifs is 1. The molecule has 100 valence electrons. The van der Waals surface area contributed by atoms with Gasteiger partial charge in [0.1, 0.15) is 0 Å². The maximum Gasteiger partial charge on any atom is 0.0289 e. The van der Waals surface area contributed by atoms with Crippen LogP contribution in [-0.4, -0.2) is 18.3 Å². The van der Waals surface area contributed by atoms with Crippen LogP contribution in [0.4, 0.5) is 0 Å². The second-order valence-corrected chi connectivity index (χ2v) is 7.74. The Balaban J connectivity index is 1.96. The summed E-state index contributed by atoms with van der Waals surface area (Å²) < 4.78 is 0. The maximum absolute atomic E-state index is 3.53. The molecule has 0 aliphatic carbocycles. The molecule has 0 spiro atoms. The van der Waals surface area contributed by atoms with Gasteiger partial charge in [0.2, 0.25) is 0 Å². The minimum absolute atomic E-state index is 0.436. The van der Waals surface area contributed by atoms with E-state index in [0.29, 0.717) is 16.7 Å². The van der Waals surface area contributed by atoms with Crippen molar-refractivity contribution in [3.63, 3.8) is 0 Å². The van der Waals surface area contributed by atoms with E-state index in [1.165, 1.54) is 29.7 Å². The monoisotopic (exact) mass is 263 g/mol. The summed E-state index contributed by atoms with van der Waals surface area (Å²) in [6.45, 7) is 6.99. The third-order valence-corrected chi connectivity index (χ3v) is 5.15. The third-order valence-electron chi connectivity index (χ3n) is 3.70. The van der Waals surface area contributed by atoms with Crippen LogP contribution in [0.25, 0.3) is 0 Å². The molecule has 1 heterocycles. The maximum atomic E-state index is 3.53. The molecule has 0 fully saturated rings. The van der Waals surface area contributed by atoms with Crippen molar-refractivity contribution in [3.8, 4) is 0 Å². The fraction of sp³-hybridized carbons (Fsp3) is 0.625. The third kappa shape index (κ3) is 3.52. The molecule has 0 radical (unpaired) electrons. The van der Waals surface area contributed by atoms with Crippen LogP contribution in [0.15, 0.2) is 29.2 Å². The highest BCUT2D eigenvalue weighted by Crippen LogP contribution is 2.39. The lowest BCUT2D eigenvalue weighted by molar-refractivity contribution is 0.332. The van der Waals surface area contributed by atoms with E-state index in [2.05, 4.69) is 69.2 Å². The predicted molar refractivity (Wildman–Crippen MR) is 81.3 cm³/mol. The Bertz CT molecular complexity index is 369. The van der Waals surface area contributed by atoms with Crippen LogP contribution >= 0.6 is 11.8 Å². The van der Waals surface area contributed by atoms with Crippen molar-refractivity contribution in [2.24, 2.45) is 5.41 Å². The molecule has 2 unspecified atom stereocenters. The quantitative estimate of drug-likeness (QED) is 0.877. The Morgan fingerprint density at radius 1 is 1.33 bits per heavy atom. The molecule has 0 bridgehead atoms. The second-order valence-electron chi connectivity index (χ2n) is 6.46. The molecule has 2 atom stereocenters. The Morgan fingerprint density at radius 2 is 2.06 bits per heavy atom. The van der Waals surface area contributed by atoms with Gasteiger partial charge in [-0.25, -0.2) is 0 Å². The Kier molecular flexibility index (Phi) is 4.39. The molecule has 0 saturated carbocycles. The Labute approximate surface area is 116 Å². The molecule has 1 aromatic rings. The van der Waals surface area contributed by atoms with E-state index in [4.69, 9.17) is 0 Å². The van der Waals surface area contributed by atoms with Gasteiger partial charge in [-0.3, -0.25) is 0 Å². The summed E-state index contributed by atoms with van der Waals surface area (Å²) in [4.78, 5) is 1.48. The lowest BCUT2D eigenvalue weighted by Gasteiger charge is -2.26. The van der Waals surface area contributed by atoms with Gasteiger partial charge in [-0.15, -0.1) is 11.8 Å². The van der Waals surface area contributed by atoms with Crippen molar-refractivity contribution in [2.75, 3.05) is 7.05 Å². The van der Waals surface area contributed by atoms with Crippen LogP contribution in [0.5, 0.6) is 0 Å². The summed E-state index contributed by atoms with van der Waals surface area (Å²) in [5, 5.41) is 4.23. The van der Waals surface area contributed by atoms with Crippen molar-refractivity contribution in [1.29, 1.82) is 0 Å².